The van der Waals surface area contributed by atoms with E-state index in [4.69, 9.17) is 4.74 Å². The van der Waals surface area contributed by atoms with Crippen LogP contribution in [0.4, 0.5) is 0 Å². The SMILES string of the molecule is [BH3-][P+]1(c2ccccc2OC)N(C)[C@@H]2CCCC[C@H]2N1C. The largest absolute Gasteiger partial charge is 0.493 e. The summed E-state index contributed by atoms with van der Waals surface area (Å²) in [6, 6.07) is 10.3. The lowest BCUT2D eigenvalue weighted by atomic mass is 9.91. The summed E-state index contributed by atoms with van der Waals surface area (Å²) in [7, 11) is 5.55. The molecule has 0 amide bonds. The molecule has 0 unspecified atom stereocenters. The van der Waals surface area contributed by atoms with Gasteiger partial charge in [-0.15, -0.1) is 0 Å². The molecule has 0 N–H and O–H groups in total. The Bertz CT molecular complexity index is 481. The van der Waals surface area contributed by atoms with Gasteiger partial charge in [0.15, 0.2) is 13.3 Å². The molecular weight excluding hydrogens is 266 g/mol. The Kier molecular flexibility index (Phi) is 3.83. The van der Waals surface area contributed by atoms with Crippen LogP contribution in [-0.4, -0.2) is 50.2 Å². The Hall–Kier alpha value is -0.565. The monoisotopic (exact) mass is 292 g/mol. The van der Waals surface area contributed by atoms with Crippen LogP contribution >= 0.6 is 7.44 Å². The highest BCUT2D eigenvalue weighted by atomic mass is 31.2. The van der Waals surface area contributed by atoms with Crippen LogP contribution in [0.15, 0.2) is 24.3 Å². The Balaban J connectivity index is 2.06. The number of nitrogens with zero attached hydrogens (tertiary/aromatic N) is 2. The molecule has 1 aromatic carbocycles. The summed E-state index contributed by atoms with van der Waals surface area (Å²) in [5.74, 6) is 1.10. The highest BCUT2D eigenvalue weighted by molar-refractivity contribution is 7.99. The molecule has 0 aromatic heterocycles. The Morgan fingerprint density at radius 1 is 1.10 bits per heavy atom. The average molecular weight is 292 g/mol. The van der Waals surface area contributed by atoms with Crippen LogP contribution in [-0.2, 0) is 0 Å². The number of ether oxygens (including phenoxy) is 1. The molecule has 0 radical (unpaired) electrons. The maximum absolute atomic E-state index is 5.69. The predicted molar refractivity (Wildman–Crippen MR) is 91.1 cm³/mol. The van der Waals surface area contributed by atoms with Gasteiger partial charge in [0, 0.05) is 21.5 Å². The van der Waals surface area contributed by atoms with E-state index in [9.17, 15) is 0 Å². The fourth-order valence-corrected chi connectivity index (χ4v) is 6.41. The molecule has 1 aromatic rings. The van der Waals surface area contributed by atoms with Crippen molar-refractivity contribution in [1.82, 2.24) is 9.34 Å². The molecule has 0 spiro atoms. The van der Waals surface area contributed by atoms with Crippen LogP contribution in [0.2, 0.25) is 0 Å². The first-order chi connectivity index (χ1) is 9.60. The number of fused-ring (bicyclic) bond motifs is 1. The number of likely N-dealkylation sites (N-methyl/N-ethyl adjacent to an activating group) is 2. The fraction of sp³-hybridized carbons (Fsp3) is 0.600. The fourth-order valence-electron chi connectivity index (χ4n) is 3.60. The minimum absolute atomic E-state index is 0.178. The van der Waals surface area contributed by atoms with Gasteiger partial charge in [0.2, 0.25) is 0 Å². The summed E-state index contributed by atoms with van der Waals surface area (Å²) in [6.45, 7) is 0. The van der Waals surface area contributed by atoms with Gasteiger partial charge in [-0.3, -0.25) is 0 Å². The summed E-state index contributed by atoms with van der Waals surface area (Å²) in [5.41, 5.74) is 0. The lowest BCUT2D eigenvalue weighted by Crippen LogP contribution is -2.37. The number of para-hydroxylation sites is 1. The molecule has 2 aliphatic rings. The summed E-state index contributed by atoms with van der Waals surface area (Å²) in [5, 5.41) is 1.50. The topological polar surface area (TPSA) is 15.7 Å². The van der Waals surface area contributed by atoms with Gasteiger partial charge < -0.3 is 4.74 Å². The average Bonchev–Trinajstić information content (AvgIpc) is 2.70. The smallest absolute Gasteiger partial charge is 0.170 e. The second-order valence-electron chi connectivity index (χ2n) is 5.53. The van der Waals surface area contributed by atoms with Crippen molar-refractivity contribution < 1.29 is 4.74 Å². The standard InChI is InChI=1S/C15H26BN2OP/c1-17-12-8-4-5-9-13(12)18(2)20(17,16)15-11-7-6-10-14(15)19-3/h6-7,10-13H,4-5,8-9H2,1-3,16H3/t12-,13-/m1/s1. The molecule has 3 rings (SSSR count). The van der Waals surface area contributed by atoms with E-state index in [0.717, 1.165) is 17.8 Å². The molecule has 2 fully saturated rings. The first kappa shape index (κ1) is 14.4. The second-order valence-corrected chi connectivity index (χ2v) is 7.85. The quantitative estimate of drug-likeness (QED) is 0.609. The van der Waals surface area contributed by atoms with Crippen molar-refractivity contribution in [3.8, 4) is 5.75 Å². The van der Waals surface area contributed by atoms with Gasteiger partial charge in [-0.1, -0.05) is 25.0 Å². The van der Waals surface area contributed by atoms with Crippen molar-refractivity contribution in [3.05, 3.63) is 24.3 Å². The Morgan fingerprint density at radius 3 is 2.20 bits per heavy atom. The zero-order valence-electron chi connectivity index (χ0n) is 12.0. The van der Waals surface area contributed by atoms with Gasteiger partial charge in [0.25, 0.3) is 0 Å². The first-order valence-corrected chi connectivity index (χ1v) is 8.37. The van der Waals surface area contributed by atoms with Gasteiger partial charge in [-0.2, -0.15) is 0 Å². The van der Waals surface area contributed by atoms with E-state index in [1.807, 2.05) is 7.11 Å². The number of hydrogen-bond acceptors (Lipinski definition) is 3. The number of benzene rings is 1. The van der Waals surface area contributed by atoms with Gasteiger partial charge in [-0.05, 0) is 25.0 Å². The van der Waals surface area contributed by atoms with Crippen molar-refractivity contribution in [2.45, 2.75) is 37.8 Å². The van der Waals surface area contributed by atoms with E-state index >= 15 is 0 Å². The zero-order valence-corrected chi connectivity index (χ0v) is 12.9. The number of rotatable bonds is 2. The van der Waals surface area contributed by atoms with Crippen LogP contribution in [0, 0.1) is 0 Å². The summed E-state index contributed by atoms with van der Waals surface area (Å²) < 4.78 is 11.3. The van der Waals surface area contributed by atoms with E-state index < -0.39 is 7.44 Å². The molecule has 1 saturated carbocycles. The minimum Gasteiger partial charge on any atom is -0.493 e. The van der Waals surface area contributed by atoms with Crippen molar-refractivity contribution in [3.63, 3.8) is 0 Å². The van der Waals surface area contributed by atoms with Crippen LogP contribution < -0.4 is 10.0 Å². The van der Waals surface area contributed by atoms with Crippen LogP contribution in [0.5, 0.6) is 5.75 Å². The zero-order chi connectivity index (χ0) is 14.3. The predicted octanol–water partition coefficient (Wildman–Crippen LogP) is 1.64. The number of methoxy groups -OCH3 is 1. The van der Waals surface area contributed by atoms with E-state index in [1.54, 1.807) is 0 Å². The maximum Gasteiger partial charge on any atom is 0.170 e. The molecule has 1 saturated heterocycles. The van der Waals surface area contributed by atoms with E-state index in [2.05, 4.69) is 47.7 Å². The van der Waals surface area contributed by atoms with Crippen LogP contribution in [0.1, 0.15) is 25.7 Å². The highest BCUT2D eigenvalue weighted by Gasteiger charge is 2.55. The molecule has 1 aliphatic heterocycles. The Morgan fingerprint density at radius 2 is 1.65 bits per heavy atom. The van der Waals surface area contributed by atoms with Crippen LogP contribution in [0.25, 0.3) is 0 Å². The molecule has 1 heterocycles. The molecule has 5 heteroatoms. The van der Waals surface area contributed by atoms with Gasteiger partial charge in [0.05, 0.1) is 19.2 Å². The van der Waals surface area contributed by atoms with Crippen LogP contribution in [0.3, 0.4) is 0 Å². The third-order valence-corrected chi connectivity index (χ3v) is 7.14. The number of hydrogen-bond donors (Lipinski definition) is 0. The molecular formula is C15H26BN2OP. The van der Waals surface area contributed by atoms with Crippen molar-refractivity contribution in [1.29, 1.82) is 0 Å². The molecule has 0 bridgehead atoms. The maximum atomic E-state index is 5.69. The molecule has 2 atom stereocenters. The minimum atomic E-state index is -1.22. The van der Waals surface area contributed by atoms with E-state index in [-0.39, 0.29) is 7.57 Å². The van der Waals surface area contributed by atoms with Crippen molar-refractivity contribution in [2.24, 2.45) is 0 Å². The van der Waals surface area contributed by atoms with Gasteiger partial charge >= 0.3 is 0 Å². The normalized spacial score (nSPS) is 30.2. The molecule has 20 heavy (non-hydrogen) atoms. The van der Waals surface area contributed by atoms with Gasteiger partial charge in [-0.25, -0.2) is 9.34 Å². The van der Waals surface area contributed by atoms with Crippen molar-refractivity contribution in [2.75, 3.05) is 21.2 Å². The molecule has 3 nitrogen and oxygen atoms in total. The summed E-state index contributed by atoms with van der Waals surface area (Å²) >= 11 is 0. The first-order valence-electron chi connectivity index (χ1n) is 7.12. The Labute approximate surface area is 124 Å². The third-order valence-electron chi connectivity index (χ3n) is 4.55. The summed E-state index contributed by atoms with van der Waals surface area (Å²) in [6.07, 6.45) is 5.58. The lowest BCUT2D eigenvalue weighted by Gasteiger charge is -2.37. The van der Waals surface area contributed by atoms with Gasteiger partial charge in [0.1, 0.15) is 5.30 Å². The molecule has 110 valence electrons. The summed E-state index contributed by atoms with van der Waals surface area (Å²) in [4.78, 5) is 0. The van der Waals surface area contributed by atoms with Crippen molar-refractivity contribution >= 4 is 20.3 Å². The van der Waals surface area contributed by atoms with E-state index in [1.165, 1.54) is 31.0 Å². The van der Waals surface area contributed by atoms with E-state index in [0.29, 0.717) is 0 Å². The molecule has 1 aliphatic carbocycles. The lowest BCUT2D eigenvalue weighted by molar-refractivity contribution is 0.233. The highest BCUT2D eigenvalue weighted by Crippen LogP contribution is 2.67. The second kappa shape index (κ2) is 5.33. The third kappa shape index (κ3) is 1.93.